The summed E-state index contributed by atoms with van der Waals surface area (Å²) in [6.07, 6.45) is -24.0. The van der Waals surface area contributed by atoms with E-state index >= 15 is 0 Å². The third-order valence-electron chi connectivity index (χ3n) is 11.4. The van der Waals surface area contributed by atoms with E-state index in [9.17, 15) is 109 Å². The van der Waals surface area contributed by atoms with Crippen molar-refractivity contribution in [1.29, 1.82) is 0 Å². The summed E-state index contributed by atoms with van der Waals surface area (Å²) in [6.45, 7) is 3.77. The molecule has 14 atom stereocenters. The highest BCUT2D eigenvalue weighted by atomic mass is 32.2. The average molecular weight is 1290 g/mol. The van der Waals surface area contributed by atoms with E-state index in [-0.39, 0.29) is 120 Å². The van der Waals surface area contributed by atoms with Gasteiger partial charge in [0.15, 0.2) is 35.7 Å². The van der Waals surface area contributed by atoms with Gasteiger partial charge in [0.2, 0.25) is 5.91 Å². The highest BCUT2D eigenvalue weighted by Gasteiger charge is 2.39. The van der Waals surface area contributed by atoms with Crippen LogP contribution in [0.2, 0.25) is 0 Å². The van der Waals surface area contributed by atoms with Crippen LogP contribution in [-0.2, 0) is 57.4 Å². The molecule has 4 amide bonds. The lowest BCUT2D eigenvalue weighted by molar-refractivity contribution is -0.154. The molecule has 0 aliphatic carbocycles. The molecule has 0 saturated heterocycles. The Kier molecular flexibility index (Phi) is 51.1. The molecule has 502 valence electrons. The van der Waals surface area contributed by atoms with Gasteiger partial charge < -0.3 is 131 Å². The Bertz CT molecular complexity index is 1840. The number of rotatable bonds is 49. The number of carbonyl (C=O) groups is 10. The van der Waals surface area contributed by atoms with Crippen LogP contribution in [0.25, 0.3) is 0 Å². The molecular formula is C49H93N9O26S2. The van der Waals surface area contributed by atoms with Crippen molar-refractivity contribution in [2.45, 2.75) is 138 Å². The minimum atomic E-state index is -2.19. The van der Waals surface area contributed by atoms with E-state index in [1.54, 1.807) is 0 Å². The standard InChI is InChI=1S/C23H39N3O12S2.C15H31N3O8.C11H23N3O6/c1-12(22(35)36)8-39-9-13(27)4-2-7-26-21(34)20(33)19(32)18(31)17(30)15(28)5-3-6-25-16(29)11-40-10-14(24)23(37)38;16-3-7-25-6-1-2-10(19)11(20)12(21)13(22)14(23)15(24)18-5-9-26-8-4-17;12-3-1-2-6(15)7(16)8(17)9(18)10(19)11(20)14-5-4-13/h12,14,17-20,30-33H,2-11,24H2,1H3,(H,25,29)(H,26,34)(H,35,36)(H,37,38);11-14,20-23H,1-9,16-17H2,(H,18,24);7-10,16-19H,1-5,12-13H2,(H,14,20)/t12?,14?,17-,18+,19+,20-;11-,12+,13+,14-;7-,8+,9+,10-/m000/s1. The molecule has 0 aliphatic heterocycles. The van der Waals surface area contributed by atoms with Crippen LogP contribution in [0, 0.1) is 5.92 Å². The van der Waals surface area contributed by atoms with Crippen LogP contribution >= 0.6 is 23.5 Å². The Morgan fingerprint density at radius 2 is 0.791 bits per heavy atom. The molecule has 0 bridgehead atoms. The molecule has 37 heteroatoms. The van der Waals surface area contributed by atoms with E-state index in [4.69, 9.17) is 48.4 Å². The maximum Gasteiger partial charge on any atom is 0.321 e. The smallest absolute Gasteiger partial charge is 0.321 e. The minimum Gasteiger partial charge on any atom is -0.481 e. The molecular weight excluding hydrogens is 1190 g/mol. The van der Waals surface area contributed by atoms with Gasteiger partial charge in [0, 0.05) is 89.6 Å². The first kappa shape index (κ1) is 85.6. The molecule has 0 radical (unpaired) electrons. The van der Waals surface area contributed by atoms with Gasteiger partial charge in [0.05, 0.1) is 37.2 Å². The van der Waals surface area contributed by atoms with Gasteiger partial charge in [-0.15, -0.1) is 11.8 Å². The molecule has 0 spiro atoms. The number of aliphatic carboxylic acids is 2. The maximum atomic E-state index is 12.1. The van der Waals surface area contributed by atoms with E-state index in [1.807, 2.05) is 0 Å². The third kappa shape index (κ3) is 39.4. The number of aliphatic hydroxyl groups excluding tert-OH is 12. The third-order valence-corrected chi connectivity index (χ3v) is 13.7. The average Bonchev–Trinajstić information content (AvgIpc) is 3.41. The first-order valence-electron chi connectivity index (χ1n) is 27.1. The van der Waals surface area contributed by atoms with Crippen molar-refractivity contribution in [3.8, 4) is 0 Å². The maximum absolute atomic E-state index is 12.1. The van der Waals surface area contributed by atoms with Gasteiger partial charge in [-0.05, 0) is 32.2 Å². The number of nitrogens with one attached hydrogen (secondary N) is 4. The lowest BCUT2D eigenvalue weighted by atomic mass is 9.97. The van der Waals surface area contributed by atoms with Crippen LogP contribution in [0.5, 0.6) is 0 Å². The van der Waals surface area contributed by atoms with Crippen molar-refractivity contribution in [1.82, 2.24) is 21.3 Å². The Morgan fingerprint density at radius 3 is 1.22 bits per heavy atom. The van der Waals surface area contributed by atoms with Gasteiger partial charge in [0.1, 0.15) is 66.8 Å². The zero-order valence-electron chi connectivity index (χ0n) is 47.9. The van der Waals surface area contributed by atoms with Crippen molar-refractivity contribution < 1.29 is 129 Å². The fraction of sp³-hybridized carbons (Fsp3) is 0.796. The van der Waals surface area contributed by atoms with E-state index in [0.717, 1.165) is 11.8 Å². The zero-order valence-corrected chi connectivity index (χ0v) is 49.5. The van der Waals surface area contributed by atoms with Crippen LogP contribution in [0.3, 0.4) is 0 Å². The number of Topliss-reactive ketones (excluding diaryl/α,β-unsaturated/α-hetero) is 4. The molecule has 2 unspecified atom stereocenters. The summed E-state index contributed by atoms with van der Waals surface area (Å²) in [7, 11) is 0. The summed E-state index contributed by atoms with van der Waals surface area (Å²) in [5.74, 6) is -8.32. The Balaban J connectivity index is -0.00000129. The van der Waals surface area contributed by atoms with Crippen molar-refractivity contribution in [3.63, 3.8) is 0 Å². The molecule has 0 heterocycles. The second kappa shape index (κ2) is 51.3. The van der Waals surface area contributed by atoms with Crippen LogP contribution in [0.4, 0.5) is 0 Å². The quantitative estimate of drug-likeness (QED) is 0.0252. The largest absolute Gasteiger partial charge is 0.481 e. The minimum absolute atomic E-state index is 0.0352. The Labute approximate surface area is 504 Å². The number of carboxylic acids is 2. The predicted molar refractivity (Wildman–Crippen MR) is 306 cm³/mol. The molecule has 0 saturated carbocycles. The normalized spacial score (nSPS) is 16.1. The number of carbonyl (C=O) groups excluding carboxylic acids is 8. The number of amides is 4. The fourth-order valence-electron chi connectivity index (χ4n) is 6.23. The van der Waals surface area contributed by atoms with Gasteiger partial charge >= 0.3 is 11.9 Å². The molecule has 0 aliphatic rings. The van der Waals surface area contributed by atoms with E-state index in [1.165, 1.54) is 18.7 Å². The molecule has 0 aromatic carbocycles. The van der Waals surface area contributed by atoms with Gasteiger partial charge in [-0.2, -0.15) is 11.8 Å². The van der Waals surface area contributed by atoms with Crippen LogP contribution < -0.4 is 49.9 Å². The second-order valence-corrected chi connectivity index (χ2v) is 20.8. The Hall–Kier alpha value is -4.56. The van der Waals surface area contributed by atoms with E-state index in [2.05, 4.69) is 21.3 Å². The van der Waals surface area contributed by atoms with Gasteiger partial charge in [0.25, 0.3) is 17.7 Å². The summed E-state index contributed by atoms with van der Waals surface area (Å²) in [5.41, 5.74) is 26.1. The van der Waals surface area contributed by atoms with Crippen molar-refractivity contribution >= 4 is 82.2 Å². The first-order valence-corrected chi connectivity index (χ1v) is 29.4. The van der Waals surface area contributed by atoms with E-state index in [0.29, 0.717) is 39.1 Å². The number of nitrogens with two attached hydrogens (primary N) is 5. The molecule has 0 aromatic heterocycles. The number of thioether (sulfide) groups is 2. The number of aliphatic hydroxyl groups is 12. The Morgan fingerprint density at radius 1 is 0.407 bits per heavy atom. The number of carboxylic acid groups (broad SMARTS) is 2. The highest BCUT2D eigenvalue weighted by molar-refractivity contribution is 8.00. The molecule has 35 nitrogen and oxygen atoms in total. The highest BCUT2D eigenvalue weighted by Crippen LogP contribution is 2.13. The van der Waals surface area contributed by atoms with Gasteiger partial charge in [-0.1, -0.05) is 6.92 Å². The molecule has 0 rings (SSSR count). The summed E-state index contributed by atoms with van der Waals surface area (Å²) in [5, 5.41) is 144. The topological polar surface area (TPSA) is 651 Å². The van der Waals surface area contributed by atoms with Gasteiger partial charge in [-0.25, -0.2) is 0 Å². The van der Waals surface area contributed by atoms with Crippen LogP contribution in [-0.4, -0.2) is 311 Å². The summed E-state index contributed by atoms with van der Waals surface area (Å²) in [6, 6.07) is -1.10. The summed E-state index contributed by atoms with van der Waals surface area (Å²) >= 11 is 2.20. The zero-order chi connectivity index (χ0) is 66.5. The lowest BCUT2D eigenvalue weighted by Gasteiger charge is -2.25. The SMILES string of the molecule is CC(CSCC(=O)CCCNC(=O)[C@@H](O)[C@H](O)[C@H](O)[C@@H](O)C(=O)CCCNC(=O)CSCC(N)C(=O)O)C(=O)O.NCCCC(=O)[C@H](O)[C@@H](O)[C@@H](O)[C@H](O)C(=O)NCCN.NCCOCCCC(=O)[C@H](O)[C@@H](O)[C@@H](O)[C@H](O)C(=O)NCCOCCN. The summed E-state index contributed by atoms with van der Waals surface area (Å²) < 4.78 is 10.1. The fourth-order valence-corrected chi connectivity index (χ4v) is 8.02. The van der Waals surface area contributed by atoms with Crippen molar-refractivity contribution in [2.75, 3.05) is 102 Å². The molecule has 86 heavy (non-hydrogen) atoms. The second-order valence-electron chi connectivity index (χ2n) is 18.8. The van der Waals surface area contributed by atoms with Crippen molar-refractivity contribution in [2.24, 2.45) is 34.6 Å². The van der Waals surface area contributed by atoms with Crippen molar-refractivity contribution in [3.05, 3.63) is 0 Å². The monoisotopic (exact) mass is 1290 g/mol. The molecule has 28 N–H and O–H groups in total. The number of ketones is 4. The first-order chi connectivity index (χ1) is 40.4. The lowest BCUT2D eigenvalue weighted by Crippen LogP contribution is -2.53. The number of ether oxygens (including phenoxy) is 2. The predicted octanol–water partition coefficient (Wildman–Crippen LogP) is -11.4. The van der Waals surface area contributed by atoms with Gasteiger partial charge in [-0.3, -0.25) is 47.9 Å². The number of hydrogen-bond donors (Lipinski definition) is 23. The van der Waals surface area contributed by atoms with Crippen LogP contribution in [0.15, 0.2) is 0 Å². The number of hydrogen-bond acceptors (Lipinski definition) is 31. The van der Waals surface area contributed by atoms with Crippen LogP contribution in [0.1, 0.15) is 58.3 Å². The molecule has 0 aromatic rings. The molecule has 0 fully saturated rings. The van der Waals surface area contributed by atoms with E-state index < -0.39 is 138 Å². The summed E-state index contributed by atoms with van der Waals surface area (Å²) in [4.78, 5) is 115.